The Hall–Kier alpha value is -3.91. The highest BCUT2D eigenvalue weighted by atomic mass is 32.2. The van der Waals surface area contributed by atoms with E-state index < -0.39 is 0 Å². The van der Waals surface area contributed by atoms with E-state index in [1.165, 1.54) is 11.8 Å². The van der Waals surface area contributed by atoms with Gasteiger partial charge in [-0.3, -0.25) is 9.59 Å². The number of nitrogens with zero attached hydrogens (tertiary/aromatic N) is 2. The van der Waals surface area contributed by atoms with Crippen molar-refractivity contribution >= 4 is 46.0 Å². The summed E-state index contributed by atoms with van der Waals surface area (Å²) >= 11 is 1.36. The first-order chi connectivity index (χ1) is 16.4. The first-order valence-corrected chi connectivity index (χ1v) is 11.6. The first kappa shape index (κ1) is 23.3. The van der Waals surface area contributed by atoms with Gasteiger partial charge in [0.15, 0.2) is 0 Å². The maximum absolute atomic E-state index is 12.7. The number of aromatic nitrogens is 2. The van der Waals surface area contributed by atoms with Crippen LogP contribution in [0.15, 0.2) is 77.8 Å². The average molecular weight is 473 g/mol. The summed E-state index contributed by atoms with van der Waals surface area (Å²) < 4.78 is 5.27. The molecule has 0 saturated carbocycles. The monoisotopic (exact) mass is 472 g/mol. The number of aryl methyl sites for hydroxylation is 1. The smallest absolute Gasteiger partial charge is 0.255 e. The molecule has 1 heterocycles. The SMILES string of the molecule is COc1ccccc1NC(=O)c1ccc(NC(=O)C(C)Sc2nc3ccccc3nc2C)cc1. The lowest BCUT2D eigenvalue weighted by Gasteiger charge is -2.13. The molecule has 2 N–H and O–H groups in total. The Balaban J connectivity index is 1.38. The van der Waals surface area contributed by atoms with Crippen molar-refractivity contribution in [3.8, 4) is 5.75 Å². The molecule has 1 unspecified atom stereocenters. The number of thioether (sulfide) groups is 1. The maximum Gasteiger partial charge on any atom is 0.255 e. The fraction of sp³-hybridized carbons (Fsp3) is 0.154. The number of methoxy groups -OCH3 is 1. The minimum absolute atomic E-state index is 0.161. The molecule has 4 rings (SSSR count). The van der Waals surface area contributed by atoms with Crippen molar-refractivity contribution in [2.75, 3.05) is 17.7 Å². The molecule has 1 aromatic heterocycles. The van der Waals surface area contributed by atoms with Gasteiger partial charge in [0.1, 0.15) is 10.8 Å². The van der Waals surface area contributed by atoms with E-state index in [0.717, 1.165) is 21.8 Å². The molecule has 172 valence electrons. The third kappa shape index (κ3) is 5.35. The van der Waals surface area contributed by atoms with E-state index in [1.807, 2.05) is 50.2 Å². The Morgan fingerprint density at radius 3 is 2.24 bits per heavy atom. The highest BCUT2D eigenvalue weighted by Crippen LogP contribution is 2.27. The Kier molecular flexibility index (Phi) is 7.08. The van der Waals surface area contributed by atoms with E-state index in [4.69, 9.17) is 4.74 Å². The van der Waals surface area contributed by atoms with E-state index in [0.29, 0.717) is 22.7 Å². The number of hydrogen-bond donors (Lipinski definition) is 2. The summed E-state index contributed by atoms with van der Waals surface area (Å²) in [7, 11) is 1.55. The van der Waals surface area contributed by atoms with Crippen molar-refractivity contribution in [1.82, 2.24) is 9.97 Å². The van der Waals surface area contributed by atoms with Gasteiger partial charge in [-0.2, -0.15) is 0 Å². The number of hydrogen-bond acceptors (Lipinski definition) is 6. The Labute approximate surface area is 202 Å². The number of carbonyl (C=O) groups is 2. The normalized spacial score (nSPS) is 11.6. The molecule has 3 aromatic carbocycles. The third-order valence-electron chi connectivity index (χ3n) is 5.13. The van der Waals surface area contributed by atoms with Crippen LogP contribution in [0.2, 0.25) is 0 Å². The molecule has 2 amide bonds. The first-order valence-electron chi connectivity index (χ1n) is 10.7. The molecule has 7 nitrogen and oxygen atoms in total. The fourth-order valence-corrected chi connectivity index (χ4v) is 4.16. The minimum Gasteiger partial charge on any atom is -0.495 e. The molecule has 0 saturated heterocycles. The van der Waals surface area contributed by atoms with Gasteiger partial charge in [0.2, 0.25) is 5.91 Å². The lowest BCUT2D eigenvalue weighted by atomic mass is 10.2. The molecular weight excluding hydrogens is 448 g/mol. The van der Waals surface area contributed by atoms with Crippen molar-refractivity contribution in [2.24, 2.45) is 0 Å². The highest BCUT2D eigenvalue weighted by Gasteiger charge is 2.18. The van der Waals surface area contributed by atoms with Crippen molar-refractivity contribution in [3.63, 3.8) is 0 Å². The summed E-state index contributed by atoms with van der Waals surface area (Å²) in [5.41, 5.74) is 4.07. The van der Waals surface area contributed by atoms with Gasteiger partial charge in [0, 0.05) is 11.3 Å². The molecule has 0 aliphatic carbocycles. The summed E-state index contributed by atoms with van der Waals surface area (Å²) in [4.78, 5) is 34.6. The van der Waals surface area contributed by atoms with Crippen LogP contribution in [-0.4, -0.2) is 34.1 Å². The molecule has 0 radical (unpaired) electrons. The zero-order valence-electron chi connectivity index (χ0n) is 19.0. The van der Waals surface area contributed by atoms with E-state index >= 15 is 0 Å². The van der Waals surface area contributed by atoms with Crippen LogP contribution >= 0.6 is 11.8 Å². The van der Waals surface area contributed by atoms with Crippen LogP contribution in [0.1, 0.15) is 23.0 Å². The van der Waals surface area contributed by atoms with Gasteiger partial charge in [-0.25, -0.2) is 9.97 Å². The zero-order chi connectivity index (χ0) is 24.1. The maximum atomic E-state index is 12.7. The van der Waals surface area contributed by atoms with E-state index in [1.54, 1.807) is 43.5 Å². The molecule has 4 aromatic rings. The molecule has 34 heavy (non-hydrogen) atoms. The number of ether oxygens (including phenoxy) is 1. The number of amides is 2. The molecule has 0 aliphatic rings. The molecule has 0 spiro atoms. The summed E-state index contributed by atoms with van der Waals surface area (Å²) in [5.74, 6) is 0.153. The molecule has 0 aliphatic heterocycles. The summed E-state index contributed by atoms with van der Waals surface area (Å²) in [6.45, 7) is 3.71. The number of fused-ring (bicyclic) bond motifs is 1. The van der Waals surface area contributed by atoms with Gasteiger partial charge in [-0.05, 0) is 62.4 Å². The summed E-state index contributed by atoms with van der Waals surface area (Å²) in [5, 5.41) is 6.07. The summed E-state index contributed by atoms with van der Waals surface area (Å²) in [6, 6.07) is 21.6. The lowest BCUT2D eigenvalue weighted by molar-refractivity contribution is -0.115. The van der Waals surface area contributed by atoms with E-state index in [9.17, 15) is 9.59 Å². The van der Waals surface area contributed by atoms with Gasteiger partial charge in [0.05, 0.1) is 34.8 Å². The second kappa shape index (κ2) is 10.4. The van der Waals surface area contributed by atoms with Crippen LogP contribution < -0.4 is 15.4 Å². The number of rotatable bonds is 7. The topological polar surface area (TPSA) is 93.2 Å². The van der Waals surface area contributed by atoms with Crippen LogP contribution in [0.25, 0.3) is 11.0 Å². The predicted molar refractivity (Wildman–Crippen MR) is 136 cm³/mol. The second-order valence-corrected chi connectivity index (χ2v) is 8.91. The van der Waals surface area contributed by atoms with Crippen LogP contribution in [0.5, 0.6) is 5.75 Å². The average Bonchev–Trinajstić information content (AvgIpc) is 2.85. The van der Waals surface area contributed by atoms with Gasteiger partial charge in [-0.1, -0.05) is 36.0 Å². The van der Waals surface area contributed by atoms with Crippen LogP contribution in [0.3, 0.4) is 0 Å². The van der Waals surface area contributed by atoms with Crippen LogP contribution in [0, 0.1) is 6.92 Å². The summed E-state index contributed by atoms with van der Waals surface area (Å²) in [6.07, 6.45) is 0. The molecule has 0 bridgehead atoms. The van der Waals surface area contributed by atoms with Crippen LogP contribution in [-0.2, 0) is 4.79 Å². The minimum atomic E-state index is -0.386. The zero-order valence-corrected chi connectivity index (χ0v) is 19.8. The molecule has 8 heteroatoms. The number of para-hydroxylation sites is 4. The number of benzene rings is 3. The molecule has 1 atom stereocenters. The number of anilines is 2. The molecule has 0 fully saturated rings. The van der Waals surface area contributed by atoms with E-state index in [2.05, 4.69) is 20.6 Å². The number of carbonyl (C=O) groups excluding carboxylic acids is 2. The van der Waals surface area contributed by atoms with Crippen LogP contribution in [0.4, 0.5) is 11.4 Å². The van der Waals surface area contributed by atoms with Gasteiger partial charge < -0.3 is 15.4 Å². The van der Waals surface area contributed by atoms with Crippen molar-refractivity contribution in [3.05, 3.63) is 84.1 Å². The van der Waals surface area contributed by atoms with Gasteiger partial charge in [-0.15, -0.1) is 0 Å². The Morgan fingerprint density at radius 2 is 1.53 bits per heavy atom. The van der Waals surface area contributed by atoms with Crippen molar-refractivity contribution in [2.45, 2.75) is 24.1 Å². The standard InChI is InChI=1S/C26H24N4O3S/c1-16-26(30-21-9-5-4-8-20(21)27-16)34-17(2)24(31)28-19-14-12-18(13-15-19)25(32)29-22-10-6-7-11-23(22)33-3/h4-15,17H,1-3H3,(H,28,31)(H,29,32). The molecular formula is C26H24N4O3S. The fourth-order valence-electron chi connectivity index (χ4n) is 3.30. The van der Waals surface area contributed by atoms with Gasteiger partial charge >= 0.3 is 0 Å². The number of nitrogens with one attached hydrogen (secondary N) is 2. The van der Waals surface area contributed by atoms with E-state index in [-0.39, 0.29) is 17.1 Å². The highest BCUT2D eigenvalue weighted by molar-refractivity contribution is 8.00. The quantitative estimate of drug-likeness (QED) is 0.354. The lowest BCUT2D eigenvalue weighted by Crippen LogP contribution is -2.22. The van der Waals surface area contributed by atoms with Crippen molar-refractivity contribution in [1.29, 1.82) is 0 Å². The van der Waals surface area contributed by atoms with Crippen molar-refractivity contribution < 1.29 is 14.3 Å². The Morgan fingerprint density at radius 1 is 0.882 bits per heavy atom. The second-order valence-electron chi connectivity index (χ2n) is 7.58. The van der Waals surface area contributed by atoms with Gasteiger partial charge in [0.25, 0.3) is 5.91 Å². The Bertz CT molecular complexity index is 1340. The predicted octanol–water partition coefficient (Wildman–Crippen LogP) is 5.32. The largest absolute Gasteiger partial charge is 0.495 e. The third-order valence-corrected chi connectivity index (χ3v) is 6.31.